The molecule has 4 aromatic heterocycles. The van der Waals surface area contributed by atoms with Crippen molar-refractivity contribution in [2.45, 2.75) is 38.1 Å². The molecule has 0 amide bonds. The number of thiophene rings is 1. The number of fused-ring (bicyclic) bond motifs is 3. The Kier molecular flexibility index (Phi) is 7.85. The average Bonchev–Trinajstić information content (AvgIpc) is 3.34. The molecule has 1 aliphatic carbocycles. The molecule has 0 radical (unpaired) electrons. The van der Waals surface area contributed by atoms with Crippen LogP contribution in [0.25, 0.3) is 26.1 Å². The number of nitrogens with zero attached hydrogens (tertiary/aromatic N) is 5. The van der Waals surface area contributed by atoms with Crippen LogP contribution in [0.5, 0.6) is 5.75 Å². The fourth-order valence-corrected chi connectivity index (χ4v) is 6.28. The Morgan fingerprint density at radius 1 is 1.05 bits per heavy atom. The van der Waals surface area contributed by atoms with Crippen molar-refractivity contribution in [3.05, 3.63) is 80.6 Å². The lowest BCUT2D eigenvalue weighted by atomic mass is 9.95. The topological polar surface area (TPSA) is 104 Å². The summed E-state index contributed by atoms with van der Waals surface area (Å²) >= 11 is 4.95. The van der Waals surface area contributed by atoms with Crippen molar-refractivity contribution >= 4 is 53.4 Å². The van der Waals surface area contributed by atoms with Crippen molar-refractivity contribution < 1.29 is 4.74 Å². The summed E-state index contributed by atoms with van der Waals surface area (Å²) in [5, 5.41) is 4.11. The molecule has 0 bridgehead atoms. The van der Waals surface area contributed by atoms with E-state index in [4.69, 9.17) is 4.74 Å². The Hall–Kier alpha value is -3.57. The van der Waals surface area contributed by atoms with Gasteiger partial charge in [-0.2, -0.15) is 0 Å². The zero-order chi connectivity index (χ0) is 26.6. The molecule has 0 unspecified atom stereocenters. The van der Waals surface area contributed by atoms with Crippen molar-refractivity contribution in [2.75, 3.05) is 19.5 Å². The molecule has 11 heteroatoms. The van der Waals surface area contributed by atoms with Gasteiger partial charge >= 0.3 is 0 Å². The van der Waals surface area contributed by atoms with Crippen molar-refractivity contribution in [3.8, 4) is 11.4 Å². The first-order valence-corrected chi connectivity index (χ1v) is 14.0. The lowest BCUT2D eigenvalue weighted by Crippen LogP contribution is -2.26. The Bertz CT molecular complexity index is 1690. The fraction of sp³-hybridized carbons (Fsp3) is 0.296. The summed E-state index contributed by atoms with van der Waals surface area (Å²) < 4.78 is 9.93. The van der Waals surface area contributed by atoms with Crippen LogP contribution in [0.4, 0.5) is 5.69 Å². The summed E-state index contributed by atoms with van der Waals surface area (Å²) in [5.41, 5.74) is 2.43. The van der Waals surface area contributed by atoms with Crippen LogP contribution in [0.1, 0.15) is 38.1 Å². The van der Waals surface area contributed by atoms with Gasteiger partial charge in [0.05, 0.1) is 34.7 Å². The van der Waals surface area contributed by atoms with Crippen LogP contribution in [0.3, 0.4) is 0 Å². The maximum absolute atomic E-state index is 13.0. The van der Waals surface area contributed by atoms with Crippen LogP contribution in [-0.2, 0) is 0 Å². The van der Waals surface area contributed by atoms with Crippen molar-refractivity contribution in [1.29, 1.82) is 0 Å². The van der Waals surface area contributed by atoms with Crippen LogP contribution in [0.2, 0.25) is 0 Å². The Morgan fingerprint density at radius 2 is 1.82 bits per heavy atom. The highest BCUT2D eigenvalue weighted by Crippen LogP contribution is 2.38. The lowest BCUT2D eigenvalue weighted by Gasteiger charge is -2.23. The highest BCUT2D eigenvalue weighted by molar-refractivity contribution is 9.10. The molecule has 196 valence electrons. The molecule has 1 N–H and O–H groups in total. The van der Waals surface area contributed by atoms with Gasteiger partial charge in [0.1, 0.15) is 27.1 Å². The van der Waals surface area contributed by atoms with E-state index in [-0.39, 0.29) is 11.1 Å². The second-order valence-corrected chi connectivity index (χ2v) is 10.8. The smallest absolute Gasteiger partial charge is 0.271 e. The molecule has 38 heavy (non-hydrogen) atoms. The molecule has 9 nitrogen and oxygen atoms in total. The number of hydrogen-bond acceptors (Lipinski definition) is 8. The summed E-state index contributed by atoms with van der Waals surface area (Å²) in [7, 11) is 3.47. The van der Waals surface area contributed by atoms with E-state index in [0.717, 1.165) is 50.2 Å². The van der Waals surface area contributed by atoms with Gasteiger partial charge in [-0.3, -0.25) is 18.7 Å². The first-order chi connectivity index (χ1) is 18.5. The third-order valence-corrected chi connectivity index (χ3v) is 8.36. The minimum Gasteiger partial charge on any atom is -0.497 e. The first-order valence-electron chi connectivity index (χ1n) is 12.3. The maximum atomic E-state index is 13.0. The molecule has 1 saturated carbocycles. The Morgan fingerprint density at radius 3 is 2.50 bits per heavy atom. The van der Waals surface area contributed by atoms with Crippen LogP contribution >= 0.6 is 27.3 Å². The van der Waals surface area contributed by atoms with Gasteiger partial charge in [0, 0.05) is 31.5 Å². The monoisotopic (exact) mass is 594 g/mol. The summed E-state index contributed by atoms with van der Waals surface area (Å²) in [4.78, 5) is 38.2. The van der Waals surface area contributed by atoms with E-state index in [1.165, 1.54) is 53.8 Å². The van der Waals surface area contributed by atoms with E-state index in [2.05, 4.69) is 36.2 Å². The predicted octanol–water partition coefficient (Wildman–Crippen LogP) is 5.56. The molecule has 1 aromatic carbocycles. The predicted molar refractivity (Wildman–Crippen MR) is 155 cm³/mol. The summed E-state index contributed by atoms with van der Waals surface area (Å²) in [5.74, 6) is 0.760. The second-order valence-electron chi connectivity index (χ2n) is 8.93. The molecule has 1 fully saturated rings. The molecule has 1 aliphatic rings. The SMILES string of the molecule is CNc1c(Br)cnc2sc3c(=O)n(C4CCCCC4)cnc3c12.COc1ccc(-n2cnccc2=O)cc1. The quantitative estimate of drug-likeness (QED) is 0.290. The molecule has 6 rings (SSSR count). The minimum absolute atomic E-state index is 0.0723. The van der Waals surface area contributed by atoms with Gasteiger partial charge in [-0.05, 0) is 53.0 Å². The minimum atomic E-state index is -0.102. The van der Waals surface area contributed by atoms with Gasteiger partial charge in [0.25, 0.3) is 11.1 Å². The summed E-state index contributed by atoms with van der Waals surface area (Å²) in [6.07, 6.45) is 12.3. The van der Waals surface area contributed by atoms with Crippen molar-refractivity contribution in [1.82, 2.24) is 24.1 Å². The zero-order valence-corrected chi connectivity index (χ0v) is 23.5. The van der Waals surface area contributed by atoms with Crippen LogP contribution in [-0.4, -0.2) is 38.2 Å². The van der Waals surface area contributed by atoms with Gasteiger partial charge in [-0.15, -0.1) is 11.3 Å². The van der Waals surface area contributed by atoms with E-state index in [9.17, 15) is 9.59 Å². The van der Waals surface area contributed by atoms with Crippen molar-refractivity contribution in [2.24, 2.45) is 0 Å². The van der Waals surface area contributed by atoms with Crippen LogP contribution < -0.4 is 21.2 Å². The molecule has 0 spiro atoms. The zero-order valence-electron chi connectivity index (χ0n) is 21.1. The maximum Gasteiger partial charge on any atom is 0.271 e. The third kappa shape index (κ3) is 5.08. The Labute approximate surface area is 231 Å². The van der Waals surface area contributed by atoms with E-state index in [1.807, 2.05) is 23.7 Å². The number of pyridine rings is 1. The normalized spacial score (nSPS) is 13.8. The molecule has 0 atom stereocenters. The number of anilines is 1. The first kappa shape index (κ1) is 26.1. The molecule has 0 aliphatic heterocycles. The second kappa shape index (κ2) is 11.4. The number of aromatic nitrogens is 5. The van der Waals surface area contributed by atoms with Gasteiger partial charge in [-0.25, -0.2) is 15.0 Å². The number of rotatable bonds is 4. The number of nitrogens with one attached hydrogen (secondary N) is 1. The van der Waals surface area contributed by atoms with E-state index >= 15 is 0 Å². The van der Waals surface area contributed by atoms with E-state index in [0.29, 0.717) is 10.7 Å². The van der Waals surface area contributed by atoms with Crippen LogP contribution in [0.15, 0.2) is 69.4 Å². The van der Waals surface area contributed by atoms with Gasteiger partial charge in [-0.1, -0.05) is 19.3 Å². The summed E-state index contributed by atoms with van der Waals surface area (Å²) in [6, 6.07) is 8.93. The largest absolute Gasteiger partial charge is 0.497 e. The molecule has 0 saturated heterocycles. The number of hydrogen-bond donors (Lipinski definition) is 1. The van der Waals surface area contributed by atoms with Gasteiger partial charge in [0.2, 0.25) is 0 Å². The van der Waals surface area contributed by atoms with Crippen LogP contribution in [0, 0.1) is 0 Å². The highest BCUT2D eigenvalue weighted by Gasteiger charge is 2.21. The van der Waals surface area contributed by atoms with Gasteiger partial charge in [0.15, 0.2) is 0 Å². The third-order valence-electron chi connectivity index (χ3n) is 6.68. The number of halogens is 1. The highest BCUT2D eigenvalue weighted by atomic mass is 79.9. The fourth-order valence-electron chi connectivity index (χ4n) is 4.73. The van der Waals surface area contributed by atoms with E-state index in [1.54, 1.807) is 31.8 Å². The van der Waals surface area contributed by atoms with Gasteiger partial charge < -0.3 is 10.1 Å². The number of methoxy groups -OCH3 is 1. The average molecular weight is 596 g/mol. The molecular weight excluding hydrogens is 568 g/mol. The molecular formula is C27H27BrN6O3S. The molecule has 4 heterocycles. The number of ether oxygens (including phenoxy) is 1. The Balaban J connectivity index is 0.000000170. The molecule has 5 aromatic rings. The lowest BCUT2D eigenvalue weighted by molar-refractivity contribution is 0.345. The van der Waals surface area contributed by atoms with E-state index < -0.39 is 0 Å². The summed E-state index contributed by atoms with van der Waals surface area (Å²) in [6.45, 7) is 0. The number of benzene rings is 1. The van der Waals surface area contributed by atoms with Crippen molar-refractivity contribution in [3.63, 3.8) is 0 Å². The standard InChI is InChI=1S/C16H17BrN4OS.C11H10N2O2/c1-18-12-10(17)7-19-15-11(12)13-14(23-15)16(22)21(8-20-13)9-5-3-2-4-6-9;1-15-10-4-2-9(3-5-10)13-8-12-7-6-11(13)14/h7-9H,2-6H2,1H3,(H,18,19);2-8H,1H3.